The Balaban J connectivity index is 2.22. The lowest BCUT2D eigenvalue weighted by Crippen LogP contribution is -2.44. The molecule has 9 nitrogen and oxygen atoms in total. The zero-order chi connectivity index (χ0) is 16.1. The van der Waals surface area contributed by atoms with E-state index in [1.165, 1.54) is 30.1 Å². The highest BCUT2D eigenvalue weighted by atomic mass is 16.6. The average Bonchev–Trinajstić information content (AvgIpc) is 2.71. The number of ether oxygens (including phenoxy) is 1. The van der Waals surface area contributed by atoms with E-state index in [0.717, 1.165) is 0 Å². The van der Waals surface area contributed by atoms with Crippen LogP contribution in [0.3, 0.4) is 0 Å². The first-order chi connectivity index (χ1) is 10.4. The SMILES string of the molecule is C[C@]1(O)C(n2ccc(=O)c3c(N)ncnc32)OC(CO)[C@H]1O. The van der Waals surface area contributed by atoms with Crippen molar-refractivity contribution in [2.24, 2.45) is 0 Å². The van der Waals surface area contributed by atoms with Crippen LogP contribution in [-0.2, 0) is 4.74 Å². The van der Waals surface area contributed by atoms with Gasteiger partial charge in [0.05, 0.1) is 6.61 Å². The standard InChI is InChI=1S/C13H16N4O5/c1-13(21)9(20)7(4-18)22-12(13)17-3-2-6(19)8-10(14)15-5-16-11(8)17/h2-3,5,7,9,12,18,20-21H,4H2,1H3,(H2,14,15,16)/t7?,9-,12?,13-/m1/s1. The largest absolute Gasteiger partial charge is 0.394 e. The number of nitrogens with zero attached hydrogens (tertiary/aromatic N) is 3. The zero-order valence-electron chi connectivity index (χ0n) is 11.7. The van der Waals surface area contributed by atoms with Crippen molar-refractivity contribution in [1.82, 2.24) is 14.5 Å². The Kier molecular flexibility index (Phi) is 3.37. The second kappa shape index (κ2) is 4.99. The summed E-state index contributed by atoms with van der Waals surface area (Å²) < 4.78 is 6.92. The van der Waals surface area contributed by atoms with E-state index in [1.54, 1.807) is 0 Å². The summed E-state index contributed by atoms with van der Waals surface area (Å²) in [5, 5.41) is 29.9. The molecule has 3 rings (SSSR count). The second-order valence-corrected chi connectivity index (χ2v) is 5.42. The normalized spacial score (nSPS) is 31.7. The molecule has 1 aliphatic rings. The summed E-state index contributed by atoms with van der Waals surface area (Å²) in [4.78, 5) is 19.8. The molecule has 2 aromatic heterocycles. The monoisotopic (exact) mass is 308 g/mol. The van der Waals surface area contributed by atoms with E-state index in [9.17, 15) is 20.1 Å². The Morgan fingerprint density at radius 3 is 2.86 bits per heavy atom. The van der Waals surface area contributed by atoms with Crippen molar-refractivity contribution < 1.29 is 20.1 Å². The Bertz CT molecular complexity index is 775. The van der Waals surface area contributed by atoms with Crippen LogP contribution in [0.15, 0.2) is 23.4 Å². The van der Waals surface area contributed by atoms with Gasteiger partial charge >= 0.3 is 0 Å². The molecular weight excluding hydrogens is 292 g/mol. The highest BCUT2D eigenvalue weighted by Gasteiger charge is 2.53. The smallest absolute Gasteiger partial charge is 0.194 e. The van der Waals surface area contributed by atoms with Crippen molar-refractivity contribution in [2.45, 2.75) is 31.0 Å². The number of fused-ring (bicyclic) bond motifs is 1. The first kappa shape index (κ1) is 14.9. The fraction of sp³-hybridized carbons (Fsp3) is 0.462. The maximum atomic E-state index is 11.9. The summed E-state index contributed by atoms with van der Waals surface area (Å²) in [6.45, 7) is 0.926. The van der Waals surface area contributed by atoms with E-state index in [4.69, 9.17) is 10.5 Å². The van der Waals surface area contributed by atoms with Crippen molar-refractivity contribution in [3.63, 3.8) is 0 Å². The van der Waals surface area contributed by atoms with Gasteiger partial charge in [0.25, 0.3) is 0 Å². The lowest BCUT2D eigenvalue weighted by molar-refractivity contribution is -0.0950. The number of anilines is 1. The van der Waals surface area contributed by atoms with Crippen LogP contribution < -0.4 is 11.2 Å². The van der Waals surface area contributed by atoms with Crippen molar-refractivity contribution in [1.29, 1.82) is 0 Å². The topological polar surface area (TPSA) is 144 Å². The molecule has 22 heavy (non-hydrogen) atoms. The fourth-order valence-electron chi connectivity index (χ4n) is 2.70. The molecule has 0 bridgehead atoms. The number of pyridine rings is 1. The number of aliphatic hydroxyl groups excluding tert-OH is 2. The quantitative estimate of drug-likeness (QED) is 0.518. The molecule has 0 aromatic carbocycles. The number of aliphatic hydroxyl groups is 3. The number of nitrogen functional groups attached to an aromatic ring is 1. The van der Waals surface area contributed by atoms with Gasteiger partial charge in [-0.1, -0.05) is 0 Å². The number of nitrogens with two attached hydrogens (primary N) is 1. The third-order valence-corrected chi connectivity index (χ3v) is 3.92. The van der Waals surface area contributed by atoms with Gasteiger partial charge in [-0.05, 0) is 6.92 Å². The molecule has 1 fully saturated rings. The fourth-order valence-corrected chi connectivity index (χ4v) is 2.70. The summed E-state index contributed by atoms with van der Waals surface area (Å²) in [5.41, 5.74) is 3.85. The molecule has 5 N–H and O–H groups in total. The molecule has 0 aliphatic carbocycles. The molecule has 1 aliphatic heterocycles. The number of rotatable bonds is 2. The molecule has 2 unspecified atom stereocenters. The van der Waals surface area contributed by atoms with Crippen LogP contribution in [0, 0.1) is 0 Å². The third-order valence-electron chi connectivity index (χ3n) is 3.92. The van der Waals surface area contributed by atoms with E-state index in [1.807, 2.05) is 0 Å². The summed E-state index contributed by atoms with van der Waals surface area (Å²) >= 11 is 0. The van der Waals surface area contributed by atoms with Crippen molar-refractivity contribution in [3.8, 4) is 0 Å². The van der Waals surface area contributed by atoms with Gasteiger partial charge in [-0.15, -0.1) is 0 Å². The van der Waals surface area contributed by atoms with Crippen molar-refractivity contribution in [3.05, 3.63) is 28.8 Å². The highest BCUT2D eigenvalue weighted by Crippen LogP contribution is 2.38. The van der Waals surface area contributed by atoms with Gasteiger partial charge in [0.15, 0.2) is 17.3 Å². The van der Waals surface area contributed by atoms with Crippen LogP contribution in [0.2, 0.25) is 0 Å². The van der Waals surface area contributed by atoms with Crippen LogP contribution >= 0.6 is 0 Å². The molecule has 118 valence electrons. The maximum absolute atomic E-state index is 11.9. The number of hydrogen-bond acceptors (Lipinski definition) is 8. The third kappa shape index (κ3) is 1.98. The average molecular weight is 308 g/mol. The van der Waals surface area contributed by atoms with E-state index in [2.05, 4.69) is 9.97 Å². The Morgan fingerprint density at radius 2 is 2.23 bits per heavy atom. The minimum atomic E-state index is -1.69. The summed E-state index contributed by atoms with van der Waals surface area (Å²) in [5.74, 6) is 0.0150. The molecule has 0 radical (unpaired) electrons. The zero-order valence-corrected chi connectivity index (χ0v) is 11.7. The van der Waals surface area contributed by atoms with E-state index >= 15 is 0 Å². The summed E-state index contributed by atoms with van der Waals surface area (Å²) in [7, 11) is 0. The first-order valence-electron chi connectivity index (χ1n) is 6.66. The molecule has 3 heterocycles. The van der Waals surface area contributed by atoms with Crippen molar-refractivity contribution in [2.75, 3.05) is 12.3 Å². The van der Waals surface area contributed by atoms with Gasteiger partial charge in [-0.2, -0.15) is 0 Å². The second-order valence-electron chi connectivity index (χ2n) is 5.42. The molecule has 9 heteroatoms. The molecule has 0 spiro atoms. The van der Waals surface area contributed by atoms with Crippen LogP contribution in [-0.4, -0.2) is 54.3 Å². The Hall–Kier alpha value is -2.07. The first-order valence-corrected chi connectivity index (χ1v) is 6.66. The predicted molar refractivity (Wildman–Crippen MR) is 75.8 cm³/mol. The lowest BCUT2D eigenvalue weighted by atomic mass is 9.96. The Morgan fingerprint density at radius 1 is 1.50 bits per heavy atom. The molecule has 0 saturated carbocycles. The molecular formula is C13H16N4O5. The van der Waals surface area contributed by atoms with E-state index in [-0.39, 0.29) is 22.3 Å². The summed E-state index contributed by atoms with van der Waals surface area (Å²) in [6, 6.07) is 1.25. The van der Waals surface area contributed by atoms with Crippen molar-refractivity contribution >= 4 is 16.9 Å². The van der Waals surface area contributed by atoms with Crippen LogP contribution in [0.25, 0.3) is 11.0 Å². The van der Waals surface area contributed by atoms with Crippen LogP contribution in [0.4, 0.5) is 5.82 Å². The van der Waals surface area contributed by atoms with Gasteiger partial charge in [0.1, 0.15) is 35.3 Å². The molecule has 2 aromatic rings. The predicted octanol–water partition coefficient (Wildman–Crippen LogP) is -1.62. The van der Waals surface area contributed by atoms with Crippen LogP contribution in [0.5, 0.6) is 0 Å². The van der Waals surface area contributed by atoms with Gasteiger partial charge < -0.3 is 30.4 Å². The maximum Gasteiger partial charge on any atom is 0.194 e. The Labute approximate surface area is 124 Å². The van der Waals surface area contributed by atoms with E-state index in [0.29, 0.717) is 0 Å². The number of hydrogen-bond donors (Lipinski definition) is 4. The van der Waals surface area contributed by atoms with Gasteiger partial charge in [-0.25, -0.2) is 9.97 Å². The number of aromatic nitrogens is 3. The highest BCUT2D eigenvalue weighted by molar-refractivity contribution is 5.84. The van der Waals surface area contributed by atoms with Gasteiger partial charge in [-0.3, -0.25) is 4.79 Å². The lowest BCUT2D eigenvalue weighted by Gasteiger charge is -2.28. The van der Waals surface area contributed by atoms with Gasteiger partial charge in [0, 0.05) is 12.3 Å². The molecule has 0 amide bonds. The van der Waals surface area contributed by atoms with Crippen LogP contribution in [0.1, 0.15) is 13.2 Å². The molecule has 4 atom stereocenters. The summed E-state index contributed by atoms with van der Waals surface area (Å²) in [6.07, 6.45) is -0.707. The minimum absolute atomic E-state index is 0.0150. The molecule has 1 saturated heterocycles. The van der Waals surface area contributed by atoms with Gasteiger partial charge in [0.2, 0.25) is 0 Å². The van der Waals surface area contributed by atoms with E-state index < -0.39 is 30.6 Å². The minimum Gasteiger partial charge on any atom is -0.394 e.